The molecule has 3 aromatic rings. The lowest BCUT2D eigenvalue weighted by Crippen LogP contribution is -1.77. The number of thiophene rings is 2. The van der Waals surface area contributed by atoms with Gasteiger partial charge in [-0.3, -0.25) is 4.79 Å². The fourth-order valence-corrected chi connectivity index (χ4v) is 2.94. The van der Waals surface area contributed by atoms with Gasteiger partial charge in [-0.05, 0) is 29.0 Å². The summed E-state index contributed by atoms with van der Waals surface area (Å²) in [6, 6.07) is 5.73. The zero-order valence-corrected chi connectivity index (χ0v) is 10.4. The summed E-state index contributed by atoms with van der Waals surface area (Å²) in [5, 5.41) is 7.94. The second-order valence-electron chi connectivity index (χ2n) is 3.54. The third-order valence-electron chi connectivity index (χ3n) is 2.48. The molecule has 0 saturated heterocycles. The molecule has 0 amide bonds. The zero-order chi connectivity index (χ0) is 11.7. The summed E-state index contributed by atoms with van der Waals surface area (Å²) in [5.74, 6) is 1.40. The Morgan fingerprint density at radius 2 is 1.76 bits per heavy atom. The highest BCUT2D eigenvalue weighted by molar-refractivity contribution is 7.08. The maximum absolute atomic E-state index is 11.1. The molecule has 84 valence electrons. The Morgan fingerprint density at radius 3 is 2.35 bits per heavy atom. The van der Waals surface area contributed by atoms with Crippen molar-refractivity contribution in [3.63, 3.8) is 0 Å². The average molecular weight is 260 g/mol. The molecule has 3 heterocycles. The predicted octanol–water partition coefficient (Wildman–Crippen LogP) is 4.55. The number of hydrogen-bond acceptors (Lipinski definition) is 4. The van der Waals surface area contributed by atoms with Crippen LogP contribution in [0.2, 0.25) is 0 Å². The first-order chi connectivity index (χ1) is 8.38. The lowest BCUT2D eigenvalue weighted by Gasteiger charge is -1.92. The van der Waals surface area contributed by atoms with Crippen molar-refractivity contribution in [2.75, 3.05) is 0 Å². The standard InChI is InChI=1S/C13H8O2S2/c14-6-11-5-12(9-1-3-16-7-9)15-13(11)10-2-4-17-8-10/h1-8H. The van der Waals surface area contributed by atoms with E-state index in [0.717, 1.165) is 23.2 Å². The topological polar surface area (TPSA) is 30.2 Å². The molecule has 3 rings (SSSR count). The number of furan rings is 1. The normalized spacial score (nSPS) is 10.6. The van der Waals surface area contributed by atoms with Gasteiger partial charge < -0.3 is 4.42 Å². The van der Waals surface area contributed by atoms with Gasteiger partial charge in [-0.25, -0.2) is 0 Å². The highest BCUT2D eigenvalue weighted by Gasteiger charge is 2.14. The molecule has 0 unspecified atom stereocenters. The fraction of sp³-hybridized carbons (Fsp3) is 0. The van der Waals surface area contributed by atoms with Gasteiger partial charge in [0.1, 0.15) is 11.5 Å². The van der Waals surface area contributed by atoms with Crippen molar-refractivity contribution in [2.45, 2.75) is 0 Å². The second kappa shape index (κ2) is 4.31. The van der Waals surface area contributed by atoms with E-state index in [-0.39, 0.29) is 0 Å². The van der Waals surface area contributed by atoms with Crippen LogP contribution in [-0.2, 0) is 0 Å². The van der Waals surface area contributed by atoms with E-state index in [2.05, 4.69) is 0 Å². The van der Waals surface area contributed by atoms with Gasteiger partial charge in [0.05, 0.1) is 5.56 Å². The van der Waals surface area contributed by atoms with Crippen molar-refractivity contribution in [2.24, 2.45) is 0 Å². The Labute approximate surface area is 106 Å². The minimum absolute atomic E-state index is 0.601. The quantitative estimate of drug-likeness (QED) is 0.647. The van der Waals surface area contributed by atoms with Crippen LogP contribution in [-0.4, -0.2) is 6.29 Å². The third kappa shape index (κ3) is 1.85. The molecule has 0 spiro atoms. The monoisotopic (exact) mass is 260 g/mol. The molecule has 0 atom stereocenters. The van der Waals surface area contributed by atoms with Crippen LogP contribution in [0.15, 0.2) is 44.1 Å². The molecule has 0 saturated carbocycles. The van der Waals surface area contributed by atoms with E-state index in [9.17, 15) is 4.79 Å². The lowest BCUT2D eigenvalue weighted by molar-refractivity contribution is 0.112. The Kier molecular flexibility index (Phi) is 2.66. The summed E-state index contributed by atoms with van der Waals surface area (Å²) >= 11 is 3.19. The van der Waals surface area contributed by atoms with Gasteiger partial charge in [0, 0.05) is 21.9 Å². The summed E-state index contributed by atoms with van der Waals surface area (Å²) in [6.45, 7) is 0. The van der Waals surface area contributed by atoms with E-state index >= 15 is 0 Å². The Morgan fingerprint density at radius 1 is 1.06 bits per heavy atom. The molecular formula is C13H8O2S2. The number of carbonyl (C=O) groups excluding carboxylic acids is 1. The summed E-state index contributed by atoms with van der Waals surface area (Å²) in [5.41, 5.74) is 2.57. The molecule has 0 radical (unpaired) electrons. The van der Waals surface area contributed by atoms with Gasteiger partial charge in [-0.1, -0.05) is 0 Å². The van der Waals surface area contributed by atoms with Gasteiger partial charge in [0.15, 0.2) is 6.29 Å². The van der Waals surface area contributed by atoms with Crippen molar-refractivity contribution < 1.29 is 9.21 Å². The summed E-state index contributed by atoms with van der Waals surface area (Å²) in [7, 11) is 0. The van der Waals surface area contributed by atoms with Gasteiger partial charge in [0.25, 0.3) is 0 Å². The lowest BCUT2D eigenvalue weighted by atomic mass is 10.1. The SMILES string of the molecule is O=Cc1cc(-c2ccsc2)oc1-c1ccsc1. The van der Waals surface area contributed by atoms with Crippen molar-refractivity contribution in [3.05, 3.63) is 45.3 Å². The minimum atomic E-state index is 0.601. The second-order valence-corrected chi connectivity index (χ2v) is 5.10. The van der Waals surface area contributed by atoms with Crippen molar-refractivity contribution in [1.29, 1.82) is 0 Å². The van der Waals surface area contributed by atoms with E-state index in [0.29, 0.717) is 11.3 Å². The van der Waals surface area contributed by atoms with Gasteiger partial charge in [0.2, 0.25) is 0 Å². The van der Waals surface area contributed by atoms with Crippen LogP contribution in [0.1, 0.15) is 10.4 Å². The number of rotatable bonds is 3. The van der Waals surface area contributed by atoms with Crippen LogP contribution in [0.3, 0.4) is 0 Å². The molecule has 2 nitrogen and oxygen atoms in total. The number of aldehydes is 1. The maximum Gasteiger partial charge on any atom is 0.153 e. The number of hydrogen-bond donors (Lipinski definition) is 0. The Hall–Kier alpha value is -1.65. The van der Waals surface area contributed by atoms with Crippen LogP contribution in [0.5, 0.6) is 0 Å². The third-order valence-corrected chi connectivity index (χ3v) is 3.84. The molecule has 3 aromatic heterocycles. The Bertz CT molecular complexity index is 618. The molecule has 0 N–H and O–H groups in total. The van der Waals surface area contributed by atoms with E-state index in [1.165, 1.54) is 0 Å². The summed E-state index contributed by atoms with van der Waals surface area (Å²) in [4.78, 5) is 11.1. The van der Waals surface area contributed by atoms with Crippen LogP contribution >= 0.6 is 22.7 Å². The van der Waals surface area contributed by atoms with Gasteiger partial charge in [-0.15, -0.1) is 0 Å². The van der Waals surface area contributed by atoms with Crippen LogP contribution in [0.25, 0.3) is 22.6 Å². The molecule has 0 aromatic carbocycles. The van der Waals surface area contributed by atoms with Crippen LogP contribution in [0, 0.1) is 0 Å². The minimum Gasteiger partial charge on any atom is -0.455 e. The van der Waals surface area contributed by atoms with Crippen molar-refractivity contribution >= 4 is 29.0 Å². The first-order valence-corrected chi connectivity index (χ1v) is 6.91. The van der Waals surface area contributed by atoms with E-state index in [1.807, 2.05) is 33.7 Å². The van der Waals surface area contributed by atoms with Crippen molar-refractivity contribution in [3.8, 4) is 22.6 Å². The van der Waals surface area contributed by atoms with Crippen LogP contribution in [0.4, 0.5) is 0 Å². The molecule has 0 aliphatic carbocycles. The highest BCUT2D eigenvalue weighted by atomic mass is 32.1. The maximum atomic E-state index is 11.1. The van der Waals surface area contributed by atoms with E-state index in [1.54, 1.807) is 28.7 Å². The molecule has 0 aliphatic rings. The molecule has 17 heavy (non-hydrogen) atoms. The molecular weight excluding hydrogens is 252 g/mol. The molecule has 4 heteroatoms. The van der Waals surface area contributed by atoms with Gasteiger partial charge >= 0.3 is 0 Å². The zero-order valence-electron chi connectivity index (χ0n) is 8.75. The van der Waals surface area contributed by atoms with Gasteiger partial charge in [-0.2, -0.15) is 22.7 Å². The number of carbonyl (C=O) groups is 1. The summed E-state index contributed by atoms with van der Waals surface area (Å²) < 4.78 is 5.78. The molecule has 0 bridgehead atoms. The predicted molar refractivity (Wildman–Crippen MR) is 70.7 cm³/mol. The average Bonchev–Trinajstić information content (AvgIpc) is 3.09. The first-order valence-electron chi connectivity index (χ1n) is 5.02. The van der Waals surface area contributed by atoms with Crippen molar-refractivity contribution in [1.82, 2.24) is 0 Å². The van der Waals surface area contributed by atoms with E-state index in [4.69, 9.17) is 4.42 Å². The fourth-order valence-electron chi connectivity index (χ4n) is 1.66. The van der Waals surface area contributed by atoms with Crippen LogP contribution < -0.4 is 0 Å². The summed E-state index contributed by atoms with van der Waals surface area (Å²) in [6.07, 6.45) is 0.840. The largest absolute Gasteiger partial charge is 0.455 e. The first kappa shape index (κ1) is 10.5. The smallest absolute Gasteiger partial charge is 0.153 e. The Balaban J connectivity index is 2.13. The van der Waals surface area contributed by atoms with E-state index < -0.39 is 0 Å². The molecule has 0 fully saturated rings. The molecule has 0 aliphatic heterocycles. The highest BCUT2D eigenvalue weighted by Crippen LogP contribution is 2.33.